The van der Waals surface area contributed by atoms with E-state index in [1.165, 1.54) is 11.1 Å². The van der Waals surface area contributed by atoms with E-state index in [2.05, 4.69) is 60.7 Å². The molecule has 4 heteroatoms. The predicted molar refractivity (Wildman–Crippen MR) is 166 cm³/mol. The second kappa shape index (κ2) is 9.54. The van der Waals surface area contributed by atoms with Gasteiger partial charge in [0.05, 0.1) is 0 Å². The van der Waals surface area contributed by atoms with Gasteiger partial charge in [0.25, 0.3) is 0 Å². The van der Waals surface area contributed by atoms with E-state index in [9.17, 15) is 0 Å². The Morgan fingerprint density at radius 1 is 0.390 bits per heavy atom. The molecule has 41 heavy (non-hydrogen) atoms. The zero-order valence-corrected chi connectivity index (χ0v) is 22.0. The lowest BCUT2D eigenvalue weighted by Gasteiger charge is -2.09. The number of hydrogen-bond donors (Lipinski definition) is 0. The molecule has 0 aliphatic carbocycles. The first-order chi connectivity index (χ1) is 20.3. The average molecular weight is 526 g/mol. The number of fused-ring (bicyclic) bond motifs is 4. The molecule has 8 rings (SSSR count). The van der Waals surface area contributed by atoms with Crippen molar-refractivity contribution in [2.75, 3.05) is 0 Å². The molecular weight excluding hydrogens is 502 g/mol. The minimum atomic E-state index is 0.615. The van der Waals surface area contributed by atoms with Gasteiger partial charge in [-0.15, -0.1) is 0 Å². The third kappa shape index (κ3) is 4.05. The molecule has 4 nitrogen and oxygen atoms in total. The minimum absolute atomic E-state index is 0.615. The number of furan rings is 1. The van der Waals surface area contributed by atoms with Gasteiger partial charge < -0.3 is 4.42 Å². The van der Waals surface area contributed by atoms with Gasteiger partial charge in [-0.25, -0.2) is 15.0 Å². The summed E-state index contributed by atoms with van der Waals surface area (Å²) in [6.45, 7) is 0. The average Bonchev–Trinajstić information content (AvgIpc) is 3.42. The Labute approximate surface area is 236 Å². The van der Waals surface area contributed by atoms with Gasteiger partial charge in [0, 0.05) is 27.5 Å². The topological polar surface area (TPSA) is 51.8 Å². The fourth-order valence-corrected chi connectivity index (χ4v) is 5.58. The molecule has 0 aliphatic heterocycles. The van der Waals surface area contributed by atoms with Crippen LogP contribution < -0.4 is 0 Å². The van der Waals surface area contributed by atoms with Crippen molar-refractivity contribution in [3.63, 3.8) is 0 Å². The van der Waals surface area contributed by atoms with Crippen LogP contribution in [0, 0.1) is 0 Å². The van der Waals surface area contributed by atoms with Gasteiger partial charge in [0.2, 0.25) is 0 Å². The zero-order chi connectivity index (χ0) is 27.2. The SMILES string of the molecule is c1ccc(-c2nc(-c3ccccc3)nc(-c3cccc4oc5cc6c(-c7ccccc7)cccc6cc5c34)n2)cc1. The Morgan fingerprint density at radius 2 is 0.951 bits per heavy atom. The smallest absolute Gasteiger partial charge is 0.164 e. The molecule has 0 amide bonds. The van der Waals surface area contributed by atoms with Crippen LogP contribution in [0.4, 0.5) is 0 Å². The molecule has 0 radical (unpaired) electrons. The molecule has 6 aromatic carbocycles. The van der Waals surface area contributed by atoms with Crippen molar-refractivity contribution in [3.05, 3.63) is 140 Å². The van der Waals surface area contributed by atoms with E-state index >= 15 is 0 Å². The maximum Gasteiger partial charge on any atom is 0.164 e. The summed E-state index contributed by atoms with van der Waals surface area (Å²) < 4.78 is 6.47. The maximum absolute atomic E-state index is 6.47. The highest BCUT2D eigenvalue weighted by Gasteiger charge is 2.18. The lowest BCUT2D eigenvalue weighted by molar-refractivity contribution is 0.669. The first-order valence-corrected chi connectivity index (χ1v) is 13.6. The van der Waals surface area contributed by atoms with Gasteiger partial charge >= 0.3 is 0 Å². The van der Waals surface area contributed by atoms with E-state index in [1.807, 2.05) is 78.9 Å². The van der Waals surface area contributed by atoms with Crippen molar-refractivity contribution in [1.29, 1.82) is 0 Å². The number of hydrogen-bond acceptors (Lipinski definition) is 4. The Bertz CT molecular complexity index is 2130. The molecule has 0 saturated heterocycles. The summed E-state index contributed by atoms with van der Waals surface area (Å²) in [7, 11) is 0. The molecule has 0 aliphatic rings. The summed E-state index contributed by atoms with van der Waals surface area (Å²) in [6.07, 6.45) is 0. The highest BCUT2D eigenvalue weighted by Crippen LogP contribution is 2.40. The summed E-state index contributed by atoms with van der Waals surface area (Å²) in [5, 5.41) is 4.35. The van der Waals surface area contributed by atoms with Gasteiger partial charge in [0.15, 0.2) is 17.5 Å². The summed E-state index contributed by atoms with van der Waals surface area (Å²) in [6, 6.07) is 47.5. The Morgan fingerprint density at radius 3 is 1.61 bits per heavy atom. The number of rotatable bonds is 4. The molecule has 2 heterocycles. The van der Waals surface area contributed by atoms with E-state index < -0.39 is 0 Å². The molecule has 0 unspecified atom stereocenters. The van der Waals surface area contributed by atoms with Crippen LogP contribution in [0.5, 0.6) is 0 Å². The minimum Gasteiger partial charge on any atom is -0.456 e. The van der Waals surface area contributed by atoms with Gasteiger partial charge in [-0.2, -0.15) is 0 Å². The van der Waals surface area contributed by atoms with Gasteiger partial charge in [-0.3, -0.25) is 0 Å². The van der Waals surface area contributed by atoms with Crippen molar-refractivity contribution in [1.82, 2.24) is 15.0 Å². The molecule has 0 saturated carbocycles. The van der Waals surface area contributed by atoms with Crippen LogP contribution in [0.3, 0.4) is 0 Å². The van der Waals surface area contributed by atoms with Crippen molar-refractivity contribution >= 4 is 32.7 Å². The van der Waals surface area contributed by atoms with Crippen molar-refractivity contribution < 1.29 is 4.42 Å². The van der Waals surface area contributed by atoms with Crippen LogP contribution in [0.15, 0.2) is 144 Å². The fraction of sp³-hybridized carbons (Fsp3) is 0. The molecule has 8 aromatic rings. The lowest BCUT2D eigenvalue weighted by atomic mass is 9.96. The molecule has 192 valence electrons. The van der Waals surface area contributed by atoms with Crippen LogP contribution in [0.1, 0.15) is 0 Å². The quantitative estimate of drug-likeness (QED) is 0.230. The van der Waals surface area contributed by atoms with E-state index in [1.54, 1.807) is 0 Å². The Balaban J connectivity index is 1.38. The van der Waals surface area contributed by atoms with Crippen LogP contribution in [0.2, 0.25) is 0 Å². The zero-order valence-electron chi connectivity index (χ0n) is 22.0. The molecule has 0 bridgehead atoms. The second-order valence-corrected chi connectivity index (χ2v) is 10.1. The summed E-state index contributed by atoms with van der Waals surface area (Å²) >= 11 is 0. The number of benzene rings is 6. The van der Waals surface area contributed by atoms with E-state index in [0.717, 1.165) is 49.4 Å². The predicted octanol–water partition coefficient (Wildman–Crippen LogP) is 9.59. The van der Waals surface area contributed by atoms with Crippen LogP contribution in [-0.4, -0.2) is 15.0 Å². The fourth-order valence-electron chi connectivity index (χ4n) is 5.58. The molecule has 0 spiro atoms. The first-order valence-electron chi connectivity index (χ1n) is 13.6. The van der Waals surface area contributed by atoms with Gasteiger partial charge in [0.1, 0.15) is 11.2 Å². The second-order valence-electron chi connectivity index (χ2n) is 10.1. The molecule has 0 N–H and O–H groups in total. The normalized spacial score (nSPS) is 11.4. The van der Waals surface area contributed by atoms with Crippen molar-refractivity contribution in [3.8, 4) is 45.3 Å². The Hall–Kier alpha value is -5.61. The lowest BCUT2D eigenvalue weighted by Crippen LogP contribution is -2.00. The highest BCUT2D eigenvalue weighted by atomic mass is 16.3. The van der Waals surface area contributed by atoms with E-state index in [-0.39, 0.29) is 0 Å². The van der Waals surface area contributed by atoms with Crippen LogP contribution in [-0.2, 0) is 0 Å². The summed E-state index contributed by atoms with van der Waals surface area (Å²) in [4.78, 5) is 14.8. The van der Waals surface area contributed by atoms with Gasteiger partial charge in [-0.05, 0) is 40.1 Å². The number of nitrogens with zero attached hydrogens (tertiary/aromatic N) is 3. The molecule has 2 aromatic heterocycles. The van der Waals surface area contributed by atoms with Crippen LogP contribution >= 0.6 is 0 Å². The monoisotopic (exact) mass is 525 g/mol. The van der Waals surface area contributed by atoms with E-state index in [0.29, 0.717) is 17.5 Å². The molecular formula is C37H23N3O. The molecule has 0 fully saturated rings. The highest BCUT2D eigenvalue weighted by molar-refractivity contribution is 6.16. The summed E-state index contributed by atoms with van der Waals surface area (Å²) in [5.41, 5.74) is 6.80. The Kier molecular flexibility index (Phi) is 5.42. The first kappa shape index (κ1) is 23.3. The van der Waals surface area contributed by atoms with Crippen molar-refractivity contribution in [2.45, 2.75) is 0 Å². The van der Waals surface area contributed by atoms with Crippen molar-refractivity contribution in [2.24, 2.45) is 0 Å². The maximum atomic E-state index is 6.47. The third-order valence-electron chi connectivity index (χ3n) is 7.52. The molecule has 0 atom stereocenters. The van der Waals surface area contributed by atoms with E-state index in [4.69, 9.17) is 19.4 Å². The van der Waals surface area contributed by atoms with Crippen LogP contribution in [0.25, 0.3) is 78.0 Å². The summed E-state index contributed by atoms with van der Waals surface area (Å²) in [5.74, 6) is 1.89. The van der Waals surface area contributed by atoms with Gasteiger partial charge in [-0.1, -0.05) is 121 Å². The number of aromatic nitrogens is 3. The third-order valence-corrected chi connectivity index (χ3v) is 7.52. The standard InChI is InChI=1S/C37H23N3O/c1-4-12-24(13-5-1)28-19-10-18-27-22-31-33(23-30(27)28)41-32-21-11-20-29(34(31)32)37-39-35(25-14-6-2-7-15-25)38-36(40-37)26-16-8-3-9-17-26/h1-23H. The largest absolute Gasteiger partial charge is 0.456 e.